The molecule has 0 spiro atoms. The van der Waals surface area contributed by atoms with Gasteiger partial charge in [-0.05, 0) is 19.8 Å². The van der Waals surface area contributed by atoms with E-state index >= 15 is 0 Å². The number of hydrogen-bond acceptors (Lipinski definition) is 4. The second kappa shape index (κ2) is 7.17. The number of nitrogens with one attached hydrogen (secondary N) is 1. The summed E-state index contributed by atoms with van der Waals surface area (Å²) < 4.78 is 4.55. The fourth-order valence-electron chi connectivity index (χ4n) is 1.24. The molecule has 0 aliphatic heterocycles. The normalized spacial score (nSPS) is 12.9. The molecule has 0 saturated heterocycles. The number of hydrogen-bond donors (Lipinski definition) is 3. The van der Waals surface area contributed by atoms with Crippen LogP contribution in [0.3, 0.4) is 0 Å². The highest BCUT2D eigenvalue weighted by molar-refractivity contribution is 5.88. The number of aliphatic carboxylic acids is 2. The van der Waals surface area contributed by atoms with Crippen molar-refractivity contribution in [3.8, 4) is 12.3 Å². The lowest BCUT2D eigenvalue weighted by Crippen LogP contribution is -2.53. The van der Waals surface area contributed by atoms with E-state index in [0.29, 0.717) is 0 Å². The third-order valence-electron chi connectivity index (χ3n) is 2.14. The number of carboxylic acid groups (broad SMARTS) is 2. The number of carboxylic acids is 2. The van der Waals surface area contributed by atoms with Crippen molar-refractivity contribution >= 4 is 18.0 Å². The molecule has 0 radical (unpaired) electrons. The van der Waals surface area contributed by atoms with Crippen molar-refractivity contribution in [3.05, 3.63) is 0 Å². The Morgan fingerprint density at radius 1 is 1.39 bits per heavy atom. The second-order valence-electron chi connectivity index (χ2n) is 3.45. The zero-order valence-corrected chi connectivity index (χ0v) is 9.93. The largest absolute Gasteiger partial charge is 0.481 e. The van der Waals surface area contributed by atoms with E-state index in [4.69, 9.17) is 16.6 Å². The predicted octanol–water partition coefficient (Wildman–Crippen LogP) is 0.444. The summed E-state index contributed by atoms with van der Waals surface area (Å²) in [5.74, 6) is -0.521. The fourth-order valence-corrected chi connectivity index (χ4v) is 1.24. The third kappa shape index (κ3) is 4.74. The second-order valence-corrected chi connectivity index (χ2v) is 3.45. The smallest absolute Gasteiger partial charge is 0.408 e. The summed E-state index contributed by atoms with van der Waals surface area (Å²) in [6.45, 7) is 1.63. The summed E-state index contributed by atoms with van der Waals surface area (Å²) in [6, 6.07) is 0. The number of alkyl carbamates (subject to hydrolysis) is 1. The number of ether oxygens (including phenoxy) is 1. The Hall–Kier alpha value is -2.23. The molecule has 0 saturated carbocycles. The van der Waals surface area contributed by atoms with Crippen molar-refractivity contribution < 1.29 is 29.3 Å². The van der Waals surface area contributed by atoms with Crippen molar-refractivity contribution in [2.24, 2.45) is 0 Å². The van der Waals surface area contributed by atoms with Crippen LogP contribution in [0.2, 0.25) is 0 Å². The zero-order valence-electron chi connectivity index (χ0n) is 9.93. The molecule has 0 bridgehead atoms. The van der Waals surface area contributed by atoms with Gasteiger partial charge in [-0.25, -0.2) is 9.59 Å². The summed E-state index contributed by atoms with van der Waals surface area (Å²) in [6.07, 6.45) is 3.77. The van der Waals surface area contributed by atoms with Crippen LogP contribution in [0.15, 0.2) is 0 Å². The molecule has 0 aliphatic rings. The van der Waals surface area contributed by atoms with Crippen LogP contribution in [0.25, 0.3) is 0 Å². The average molecular weight is 257 g/mol. The Kier molecular flexibility index (Phi) is 6.28. The first-order valence-corrected chi connectivity index (χ1v) is 5.26. The minimum Gasteiger partial charge on any atom is -0.481 e. The maximum Gasteiger partial charge on any atom is 0.408 e. The van der Waals surface area contributed by atoms with Crippen LogP contribution in [0.4, 0.5) is 4.79 Å². The van der Waals surface area contributed by atoms with Crippen LogP contribution in [-0.4, -0.2) is 40.4 Å². The lowest BCUT2D eigenvalue weighted by atomic mass is 9.93. The van der Waals surface area contributed by atoms with E-state index in [-0.39, 0.29) is 25.9 Å². The van der Waals surface area contributed by atoms with Gasteiger partial charge >= 0.3 is 18.0 Å². The monoisotopic (exact) mass is 257 g/mol. The molecule has 100 valence electrons. The number of amides is 1. The highest BCUT2D eigenvalue weighted by Gasteiger charge is 2.38. The summed E-state index contributed by atoms with van der Waals surface area (Å²) in [4.78, 5) is 32.7. The number of carbonyl (C=O) groups excluding carboxylic acids is 1. The molecule has 0 aromatic rings. The molecule has 18 heavy (non-hydrogen) atoms. The molecule has 0 rings (SSSR count). The van der Waals surface area contributed by atoms with Gasteiger partial charge in [-0.1, -0.05) is 5.92 Å². The van der Waals surface area contributed by atoms with Crippen molar-refractivity contribution in [2.45, 2.75) is 31.7 Å². The molecule has 3 N–H and O–H groups in total. The highest BCUT2D eigenvalue weighted by atomic mass is 16.5. The van der Waals surface area contributed by atoms with Gasteiger partial charge in [-0.2, -0.15) is 0 Å². The van der Waals surface area contributed by atoms with E-state index in [1.807, 2.05) is 5.92 Å². The SMILES string of the molecule is C#CC(CCCC(=O)O)(NC(=O)OCC)C(=O)O. The van der Waals surface area contributed by atoms with Gasteiger partial charge in [-0.15, -0.1) is 6.42 Å². The number of terminal acetylenes is 1. The zero-order chi connectivity index (χ0) is 14.2. The molecule has 7 nitrogen and oxygen atoms in total. The molecule has 0 fully saturated rings. The van der Waals surface area contributed by atoms with E-state index in [2.05, 4.69) is 10.1 Å². The first-order chi connectivity index (χ1) is 8.38. The van der Waals surface area contributed by atoms with Crippen LogP contribution in [0.5, 0.6) is 0 Å². The average Bonchev–Trinajstić information content (AvgIpc) is 2.27. The Morgan fingerprint density at radius 2 is 2.00 bits per heavy atom. The summed E-state index contributed by atoms with van der Waals surface area (Å²) >= 11 is 0. The minimum atomic E-state index is -1.94. The van der Waals surface area contributed by atoms with E-state index in [0.717, 1.165) is 0 Å². The van der Waals surface area contributed by atoms with E-state index in [1.54, 1.807) is 6.92 Å². The van der Waals surface area contributed by atoms with Gasteiger partial charge in [0.1, 0.15) is 0 Å². The van der Waals surface area contributed by atoms with Crippen molar-refractivity contribution in [2.75, 3.05) is 6.61 Å². The maximum atomic E-state index is 11.2. The Bertz CT molecular complexity index is 372. The summed E-state index contributed by atoms with van der Waals surface area (Å²) in [7, 11) is 0. The minimum absolute atomic E-state index is 0.0260. The van der Waals surface area contributed by atoms with E-state index in [1.165, 1.54) is 0 Å². The van der Waals surface area contributed by atoms with Crippen LogP contribution >= 0.6 is 0 Å². The molecular weight excluding hydrogens is 242 g/mol. The van der Waals surface area contributed by atoms with E-state index < -0.39 is 23.6 Å². The van der Waals surface area contributed by atoms with Gasteiger partial charge in [0, 0.05) is 6.42 Å². The molecule has 1 unspecified atom stereocenters. The van der Waals surface area contributed by atoms with Gasteiger partial charge in [0.05, 0.1) is 6.61 Å². The van der Waals surface area contributed by atoms with Gasteiger partial charge in [0.25, 0.3) is 0 Å². The lowest BCUT2D eigenvalue weighted by molar-refractivity contribution is -0.143. The molecular formula is C11H15NO6. The topological polar surface area (TPSA) is 113 Å². The van der Waals surface area contributed by atoms with Crippen LogP contribution in [0, 0.1) is 12.3 Å². The quantitative estimate of drug-likeness (QED) is 0.570. The van der Waals surface area contributed by atoms with Gasteiger partial charge in [-0.3, -0.25) is 10.1 Å². The standard InChI is InChI=1S/C11H15NO6/c1-3-11(9(15)16,7-5-6-8(13)14)12-10(17)18-4-2/h1H,4-7H2,2H3,(H,12,17)(H,13,14)(H,15,16). The Balaban J connectivity index is 4.73. The van der Waals surface area contributed by atoms with Gasteiger partial charge in [0.2, 0.25) is 5.54 Å². The molecule has 1 amide bonds. The molecule has 0 aromatic heterocycles. The fraction of sp³-hybridized carbons (Fsp3) is 0.545. The Labute approximate surface area is 104 Å². The molecule has 0 aromatic carbocycles. The predicted molar refractivity (Wildman–Crippen MR) is 60.8 cm³/mol. The first-order valence-electron chi connectivity index (χ1n) is 5.26. The molecule has 7 heteroatoms. The maximum absolute atomic E-state index is 11.2. The van der Waals surface area contributed by atoms with Crippen LogP contribution in [0.1, 0.15) is 26.2 Å². The Morgan fingerprint density at radius 3 is 2.39 bits per heavy atom. The van der Waals surface area contributed by atoms with Gasteiger partial charge in [0.15, 0.2) is 0 Å². The molecule has 1 atom stereocenters. The van der Waals surface area contributed by atoms with E-state index in [9.17, 15) is 14.4 Å². The van der Waals surface area contributed by atoms with Crippen molar-refractivity contribution in [1.29, 1.82) is 0 Å². The van der Waals surface area contributed by atoms with Crippen molar-refractivity contribution in [1.82, 2.24) is 5.32 Å². The van der Waals surface area contributed by atoms with Crippen LogP contribution < -0.4 is 5.32 Å². The number of rotatable bonds is 7. The highest BCUT2D eigenvalue weighted by Crippen LogP contribution is 2.15. The summed E-state index contributed by atoms with van der Waals surface area (Å²) in [5.41, 5.74) is -1.94. The third-order valence-corrected chi connectivity index (χ3v) is 2.14. The summed E-state index contributed by atoms with van der Waals surface area (Å²) in [5, 5.41) is 19.6. The van der Waals surface area contributed by atoms with Crippen molar-refractivity contribution in [3.63, 3.8) is 0 Å². The molecule has 0 aliphatic carbocycles. The number of carbonyl (C=O) groups is 3. The lowest BCUT2D eigenvalue weighted by Gasteiger charge is -2.24. The molecule has 0 heterocycles. The first kappa shape index (κ1) is 15.8. The van der Waals surface area contributed by atoms with Gasteiger partial charge < -0.3 is 14.9 Å². The van der Waals surface area contributed by atoms with Crippen LogP contribution in [-0.2, 0) is 14.3 Å².